The van der Waals surface area contributed by atoms with E-state index >= 15 is 0 Å². The molecule has 0 saturated heterocycles. The largest absolute Gasteiger partial charge is 0.484 e. The van der Waals surface area contributed by atoms with Gasteiger partial charge in [-0.05, 0) is 54.8 Å². The maximum absolute atomic E-state index is 12.5. The average molecular weight is 387 g/mol. The number of hydrogen-bond donors (Lipinski definition) is 1. The zero-order chi connectivity index (χ0) is 19.4. The Hall–Kier alpha value is -2.53. The van der Waals surface area contributed by atoms with E-state index in [9.17, 15) is 9.59 Å². The van der Waals surface area contributed by atoms with Gasteiger partial charge in [-0.1, -0.05) is 31.5 Å². The Kier molecular flexibility index (Phi) is 6.01. The van der Waals surface area contributed by atoms with Crippen molar-refractivity contribution in [1.29, 1.82) is 0 Å². The summed E-state index contributed by atoms with van der Waals surface area (Å²) in [4.78, 5) is 26.5. The predicted octanol–water partition coefficient (Wildman–Crippen LogP) is 4.29. The van der Waals surface area contributed by atoms with E-state index in [2.05, 4.69) is 5.32 Å². The first-order chi connectivity index (χ1) is 12.9. The number of halogens is 1. The van der Waals surface area contributed by atoms with Gasteiger partial charge in [-0.2, -0.15) is 0 Å². The SMILES string of the molecule is CC(C)C(=O)N1CCCc2ccc(NC(=O)COc3ccc(Cl)cc3)cc21. The lowest BCUT2D eigenvalue weighted by molar-refractivity contribution is -0.121. The number of hydrogen-bond acceptors (Lipinski definition) is 3. The summed E-state index contributed by atoms with van der Waals surface area (Å²) in [6, 6.07) is 12.5. The van der Waals surface area contributed by atoms with E-state index < -0.39 is 0 Å². The van der Waals surface area contributed by atoms with Gasteiger partial charge in [-0.15, -0.1) is 0 Å². The molecule has 0 radical (unpaired) electrons. The highest BCUT2D eigenvalue weighted by Gasteiger charge is 2.24. The normalized spacial score (nSPS) is 13.3. The van der Waals surface area contributed by atoms with Crippen LogP contribution in [-0.4, -0.2) is 25.0 Å². The molecule has 1 N–H and O–H groups in total. The fourth-order valence-corrected chi connectivity index (χ4v) is 3.20. The number of anilines is 2. The molecule has 2 aromatic carbocycles. The van der Waals surface area contributed by atoms with Gasteiger partial charge in [0.1, 0.15) is 5.75 Å². The van der Waals surface area contributed by atoms with Crippen molar-refractivity contribution >= 4 is 34.8 Å². The van der Waals surface area contributed by atoms with Crippen LogP contribution >= 0.6 is 11.6 Å². The summed E-state index contributed by atoms with van der Waals surface area (Å²) < 4.78 is 5.46. The molecule has 0 spiro atoms. The number of ether oxygens (including phenoxy) is 1. The van der Waals surface area contributed by atoms with Gasteiger partial charge in [-0.25, -0.2) is 0 Å². The molecule has 0 fully saturated rings. The summed E-state index contributed by atoms with van der Waals surface area (Å²) in [5, 5.41) is 3.45. The molecule has 1 heterocycles. The molecule has 27 heavy (non-hydrogen) atoms. The van der Waals surface area contributed by atoms with E-state index in [1.54, 1.807) is 24.3 Å². The van der Waals surface area contributed by atoms with E-state index in [0.717, 1.165) is 24.1 Å². The Labute approximate surface area is 164 Å². The Bertz CT molecular complexity index is 834. The molecule has 0 aliphatic carbocycles. The van der Waals surface area contributed by atoms with E-state index in [1.165, 1.54) is 0 Å². The van der Waals surface area contributed by atoms with E-state index in [1.807, 2.05) is 36.9 Å². The van der Waals surface area contributed by atoms with Crippen LogP contribution in [0, 0.1) is 5.92 Å². The van der Waals surface area contributed by atoms with Crippen molar-refractivity contribution < 1.29 is 14.3 Å². The molecule has 2 aromatic rings. The fraction of sp³-hybridized carbons (Fsp3) is 0.333. The summed E-state index contributed by atoms with van der Waals surface area (Å²) in [6.45, 7) is 4.40. The van der Waals surface area contributed by atoms with Crippen molar-refractivity contribution in [2.24, 2.45) is 5.92 Å². The second kappa shape index (κ2) is 8.44. The number of aryl methyl sites for hydroxylation is 1. The van der Waals surface area contributed by atoms with E-state index in [4.69, 9.17) is 16.3 Å². The first-order valence-electron chi connectivity index (χ1n) is 9.06. The monoisotopic (exact) mass is 386 g/mol. The Morgan fingerprint density at radius 3 is 2.63 bits per heavy atom. The molecule has 3 rings (SSSR count). The second-order valence-corrected chi connectivity index (χ2v) is 7.32. The average Bonchev–Trinajstić information content (AvgIpc) is 2.66. The highest BCUT2D eigenvalue weighted by Crippen LogP contribution is 2.31. The molecule has 0 atom stereocenters. The molecule has 142 valence electrons. The third kappa shape index (κ3) is 4.80. The second-order valence-electron chi connectivity index (χ2n) is 6.88. The van der Waals surface area contributed by atoms with Gasteiger partial charge in [0.2, 0.25) is 5.91 Å². The maximum atomic E-state index is 12.5. The summed E-state index contributed by atoms with van der Waals surface area (Å²) in [7, 11) is 0. The Morgan fingerprint density at radius 2 is 1.93 bits per heavy atom. The molecule has 0 bridgehead atoms. The zero-order valence-electron chi connectivity index (χ0n) is 15.5. The maximum Gasteiger partial charge on any atom is 0.262 e. The molecule has 0 aromatic heterocycles. The highest BCUT2D eigenvalue weighted by molar-refractivity contribution is 6.30. The number of benzene rings is 2. The molecule has 0 saturated carbocycles. The lowest BCUT2D eigenvalue weighted by atomic mass is 9.99. The van der Waals surface area contributed by atoms with Crippen LogP contribution in [-0.2, 0) is 16.0 Å². The van der Waals surface area contributed by atoms with Crippen LogP contribution in [0.15, 0.2) is 42.5 Å². The zero-order valence-corrected chi connectivity index (χ0v) is 16.3. The van der Waals surface area contributed by atoms with Crippen LogP contribution in [0.25, 0.3) is 0 Å². The van der Waals surface area contributed by atoms with Crippen LogP contribution in [0.3, 0.4) is 0 Å². The van der Waals surface area contributed by atoms with Gasteiger partial charge >= 0.3 is 0 Å². The lowest BCUT2D eigenvalue weighted by Crippen LogP contribution is -2.38. The molecule has 6 heteroatoms. The van der Waals surface area contributed by atoms with Gasteiger partial charge in [0.15, 0.2) is 6.61 Å². The fourth-order valence-electron chi connectivity index (χ4n) is 3.07. The third-order valence-electron chi connectivity index (χ3n) is 4.43. The molecule has 1 aliphatic rings. The summed E-state index contributed by atoms with van der Waals surface area (Å²) in [5.74, 6) is 0.351. The number of nitrogens with one attached hydrogen (secondary N) is 1. The minimum atomic E-state index is -0.262. The third-order valence-corrected chi connectivity index (χ3v) is 4.68. The quantitative estimate of drug-likeness (QED) is 0.833. The lowest BCUT2D eigenvalue weighted by Gasteiger charge is -2.31. The van der Waals surface area contributed by atoms with E-state index in [0.29, 0.717) is 23.0 Å². The Balaban J connectivity index is 1.67. The molecule has 2 amide bonds. The molecule has 0 unspecified atom stereocenters. The molecular formula is C21H23ClN2O3. The summed E-state index contributed by atoms with van der Waals surface area (Å²) >= 11 is 5.83. The van der Waals surface area contributed by atoms with Gasteiger partial charge in [0.25, 0.3) is 5.91 Å². The summed E-state index contributed by atoms with van der Waals surface area (Å²) in [6.07, 6.45) is 1.89. The molecular weight excluding hydrogens is 364 g/mol. The standard InChI is InChI=1S/C21H23ClN2O3/c1-14(2)21(26)24-11-3-4-15-5-8-17(12-19(15)24)23-20(25)13-27-18-9-6-16(22)7-10-18/h5-10,12,14H,3-4,11,13H2,1-2H3,(H,23,25). The highest BCUT2D eigenvalue weighted by atomic mass is 35.5. The number of rotatable bonds is 5. The Morgan fingerprint density at radius 1 is 1.19 bits per heavy atom. The smallest absolute Gasteiger partial charge is 0.262 e. The van der Waals surface area contributed by atoms with Crippen molar-refractivity contribution in [2.75, 3.05) is 23.4 Å². The van der Waals surface area contributed by atoms with Gasteiger partial charge in [0, 0.05) is 28.9 Å². The minimum Gasteiger partial charge on any atom is -0.484 e. The number of carbonyl (C=O) groups excluding carboxylic acids is 2. The van der Waals surface area contributed by atoms with Gasteiger partial charge < -0.3 is 15.0 Å². The van der Waals surface area contributed by atoms with Crippen molar-refractivity contribution in [1.82, 2.24) is 0 Å². The van der Waals surface area contributed by atoms with Crippen LogP contribution in [0.2, 0.25) is 5.02 Å². The van der Waals surface area contributed by atoms with Crippen LogP contribution < -0.4 is 15.0 Å². The van der Waals surface area contributed by atoms with E-state index in [-0.39, 0.29) is 24.3 Å². The number of fused-ring (bicyclic) bond motifs is 1. The van der Waals surface area contributed by atoms with Gasteiger partial charge in [0.05, 0.1) is 0 Å². The predicted molar refractivity (Wildman–Crippen MR) is 108 cm³/mol. The van der Waals surface area contributed by atoms with Crippen molar-refractivity contribution in [3.63, 3.8) is 0 Å². The summed E-state index contributed by atoms with van der Waals surface area (Å²) in [5.41, 5.74) is 2.67. The minimum absolute atomic E-state index is 0.0676. The van der Waals surface area contributed by atoms with Crippen LogP contribution in [0.4, 0.5) is 11.4 Å². The van der Waals surface area contributed by atoms with Crippen LogP contribution in [0.1, 0.15) is 25.8 Å². The van der Waals surface area contributed by atoms with Crippen molar-refractivity contribution in [3.05, 3.63) is 53.1 Å². The number of nitrogens with zero attached hydrogens (tertiary/aromatic N) is 1. The molecule has 1 aliphatic heterocycles. The number of amides is 2. The first kappa shape index (κ1) is 19.2. The number of carbonyl (C=O) groups is 2. The topological polar surface area (TPSA) is 58.6 Å². The van der Waals surface area contributed by atoms with Crippen LogP contribution in [0.5, 0.6) is 5.75 Å². The van der Waals surface area contributed by atoms with Crippen molar-refractivity contribution in [2.45, 2.75) is 26.7 Å². The molecule has 5 nitrogen and oxygen atoms in total. The first-order valence-corrected chi connectivity index (χ1v) is 9.44. The van der Waals surface area contributed by atoms with Gasteiger partial charge in [-0.3, -0.25) is 9.59 Å². The van der Waals surface area contributed by atoms with Crippen molar-refractivity contribution in [3.8, 4) is 5.75 Å².